The summed E-state index contributed by atoms with van der Waals surface area (Å²) in [6, 6.07) is 26.4. The zero-order chi connectivity index (χ0) is 20.8. The van der Waals surface area contributed by atoms with E-state index in [1.54, 1.807) is 0 Å². The van der Waals surface area contributed by atoms with Crippen LogP contribution in [0.25, 0.3) is 11.6 Å². The Kier molecular flexibility index (Phi) is 6.09. The maximum atomic E-state index is 9.50. The monoisotopic (exact) mass is 447 g/mol. The Bertz CT molecular complexity index is 1210. The van der Waals surface area contributed by atoms with Gasteiger partial charge in [-0.3, -0.25) is 0 Å². The highest BCUT2D eigenvalue weighted by Crippen LogP contribution is 2.23. The van der Waals surface area contributed by atoms with Gasteiger partial charge in [0, 0.05) is 21.5 Å². The zero-order valence-corrected chi connectivity index (χ0v) is 17.8. The summed E-state index contributed by atoms with van der Waals surface area (Å²) in [4.78, 5) is 0. The first-order chi connectivity index (χ1) is 14.7. The van der Waals surface area contributed by atoms with Gasteiger partial charge in [-0.1, -0.05) is 88.5 Å². The molecule has 142 valence electrons. The van der Waals surface area contributed by atoms with E-state index in [1.807, 2.05) is 54.6 Å². The third kappa shape index (κ3) is 4.87. The number of allylic oxidation sites excluding steroid dienone is 5. The number of nitrogens with zero attached hydrogens (tertiary/aromatic N) is 1. The van der Waals surface area contributed by atoms with Crippen LogP contribution in [-0.4, -0.2) is 0 Å². The Morgan fingerprint density at radius 2 is 1.33 bits per heavy atom. The summed E-state index contributed by atoms with van der Waals surface area (Å²) in [6.07, 6.45) is 10.4. The lowest BCUT2D eigenvalue weighted by atomic mass is 9.99. The maximum Gasteiger partial charge on any atom is 0.0998 e. The second kappa shape index (κ2) is 9.27. The number of rotatable bonds is 3. The van der Waals surface area contributed by atoms with E-state index in [9.17, 15) is 5.26 Å². The molecule has 4 rings (SSSR count). The van der Waals surface area contributed by atoms with Crippen molar-refractivity contribution in [1.29, 1.82) is 5.26 Å². The predicted octanol–water partition coefficient (Wildman–Crippen LogP) is 7.12. The van der Waals surface area contributed by atoms with Crippen molar-refractivity contribution in [2.75, 3.05) is 0 Å². The van der Waals surface area contributed by atoms with Crippen molar-refractivity contribution in [2.24, 2.45) is 0 Å². The topological polar surface area (TPSA) is 23.8 Å². The van der Waals surface area contributed by atoms with Crippen LogP contribution >= 0.6 is 15.9 Å². The Morgan fingerprint density at radius 3 is 1.90 bits per heavy atom. The minimum absolute atomic E-state index is 0.378. The molecule has 0 saturated heterocycles. The van der Waals surface area contributed by atoms with Gasteiger partial charge >= 0.3 is 0 Å². The third-order valence-electron chi connectivity index (χ3n) is 4.89. The van der Waals surface area contributed by atoms with Crippen LogP contribution in [0.2, 0.25) is 0 Å². The number of hydrogen-bond donors (Lipinski definition) is 0. The van der Waals surface area contributed by atoms with Gasteiger partial charge in [0.1, 0.15) is 0 Å². The lowest BCUT2D eigenvalue weighted by Crippen LogP contribution is -1.88. The van der Waals surface area contributed by atoms with Gasteiger partial charge < -0.3 is 0 Å². The summed E-state index contributed by atoms with van der Waals surface area (Å²) in [6.45, 7) is 0. The van der Waals surface area contributed by atoms with Crippen LogP contribution in [0.1, 0.15) is 33.7 Å². The number of hydrogen-bond acceptors (Lipinski definition) is 1. The smallest absolute Gasteiger partial charge is 0.0998 e. The highest BCUT2D eigenvalue weighted by Gasteiger charge is 2.06. The molecule has 3 aromatic rings. The van der Waals surface area contributed by atoms with Crippen LogP contribution in [0.4, 0.5) is 0 Å². The van der Waals surface area contributed by atoms with Crippen LogP contribution < -0.4 is 0 Å². The van der Waals surface area contributed by atoms with Crippen molar-refractivity contribution in [1.82, 2.24) is 0 Å². The van der Waals surface area contributed by atoms with E-state index in [0.717, 1.165) is 26.7 Å². The summed E-state index contributed by atoms with van der Waals surface area (Å²) in [7, 11) is 0. The SMILES string of the molecule is N#C/C(=C\c1ccc(C#Cc2ccc(C3C=CC=C3)cc2)cc1)c1ccc(Br)cc1. The fourth-order valence-electron chi connectivity index (χ4n) is 3.23. The molecular formula is C28H18BrN. The van der Waals surface area contributed by atoms with Crippen molar-refractivity contribution in [3.63, 3.8) is 0 Å². The molecule has 0 aromatic heterocycles. The van der Waals surface area contributed by atoms with Crippen LogP contribution in [-0.2, 0) is 0 Å². The molecule has 0 spiro atoms. The van der Waals surface area contributed by atoms with E-state index in [2.05, 4.69) is 82.4 Å². The lowest BCUT2D eigenvalue weighted by Gasteiger charge is -2.05. The summed E-state index contributed by atoms with van der Waals surface area (Å²) >= 11 is 3.42. The molecule has 0 unspecified atom stereocenters. The van der Waals surface area contributed by atoms with Gasteiger partial charge in [-0.05, 0) is 59.2 Å². The first-order valence-electron chi connectivity index (χ1n) is 9.66. The molecule has 0 saturated carbocycles. The molecule has 0 amide bonds. The van der Waals surface area contributed by atoms with Crippen LogP contribution in [0.15, 0.2) is 102 Å². The molecule has 0 atom stereocenters. The van der Waals surface area contributed by atoms with Crippen LogP contribution in [0, 0.1) is 23.2 Å². The van der Waals surface area contributed by atoms with Crippen molar-refractivity contribution < 1.29 is 0 Å². The van der Waals surface area contributed by atoms with E-state index in [1.165, 1.54) is 5.56 Å². The molecule has 0 fully saturated rings. The molecule has 0 bridgehead atoms. The average Bonchev–Trinajstić information content (AvgIpc) is 3.33. The molecule has 0 heterocycles. The van der Waals surface area contributed by atoms with E-state index >= 15 is 0 Å². The van der Waals surface area contributed by atoms with E-state index in [0.29, 0.717) is 11.5 Å². The van der Waals surface area contributed by atoms with Crippen molar-refractivity contribution >= 4 is 27.6 Å². The number of benzene rings is 3. The fourth-order valence-corrected chi connectivity index (χ4v) is 3.49. The Hall–Kier alpha value is -3.59. The highest BCUT2D eigenvalue weighted by molar-refractivity contribution is 9.10. The number of halogens is 1. The summed E-state index contributed by atoms with van der Waals surface area (Å²) in [5.74, 6) is 6.81. The normalized spacial score (nSPS) is 13.0. The van der Waals surface area contributed by atoms with Gasteiger partial charge in [0.15, 0.2) is 0 Å². The van der Waals surface area contributed by atoms with Gasteiger partial charge in [-0.25, -0.2) is 0 Å². The van der Waals surface area contributed by atoms with Gasteiger partial charge in [0.05, 0.1) is 11.6 Å². The summed E-state index contributed by atoms with van der Waals surface area (Å²) < 4.78 is 0.994. The predicted molar refractivity (Wildman–Crippen MR) is 128 cm³/mol. The highest BCUT2D eigenvalue weighted by atomic mass is 79.9. The van der Waals surface area contributed by atoms with Gasteiger partial charge in [0.25, 0.3) is 0 Å². The second-order valence-electron chi connectivity index (χ2n) is 6.97. The van der Waals surface area contributed by atoms with Gasteiger partial charge in [0.2, 0.25) is 0 Å². The molecule has 0 radical (unpaired) electrons. The zero-order valence-electron chi connectivity index (χ0n) is 16.2. The Balaban J connectivity index is 1.48. The molecule has 3 aromatic carbocycles. The molecule has 1 aliphatic rings. The van der Waals surface area contributed by atoms with E-state index in [4.69, 9.17) is 0 Å². The molecule has 30 heavy (non-hydrogen) atoms. The second-order valence-corrected chi connectivity index (χ2v) is 7.88. The Labute approximate surface area is 185 Å². The Morgan fingerprint density at radius 1 is 0.767 bits per heavy atom. The van der Waals surface area contributed by atoms with Crippen LogP contribution in [0.5, 0.6) is 0 Å². The quantitative estimate of drug-likeness (QED) is 0.238. The molecular weight excluding hydrogens is 430 g/mol. The molecule has 0 N–H and O–H groups in total. The third-order valence-corrected chi connectivity index (χ3v) is 5.42. The minimum Gasteiger partial charge on any atom is -0.192 e. The lowest BCUT2D eigenvalue weighted by molar-refractivity contribution is 1.10. The first kappa shape index (κ1) is 19.7. The largest absolute Gasteiger partial charge is 0.192 e. The fraction of sp³-hybridized carbons (Fsp3) is 0.0357. The standard InChI is InChI=1S/C28H18BrN/c29-28-17-15-26(16-18-28)27(20-30)19-23-9-7-21(8-10-23)5-6-22-11-13-25(14-12-22)24-3-1-2-4-24/h1-4,7-19,24H/b27-19+. The van der Waals surface area contributed by atoms with Crippen molar-refractivity contribution in [3.05, 3.63) is 129 Å². The molecule has 1 aliphatic carbocycles. The minimum atomic E-state index is 0.378. The van der Waals surface area contributed by atoms with Gasteiger partial charge in [-0.15, -0.1) is 0 Å². The summed E-state index contributed by atoms with van der Waals surface area (Å²) in [5.41, 5.74) is 5.73. The molecule has 0 aliphatic heterocycles. The van der Waals surface area contributed by atoms with Crippen LogP contribution in [0.3, 0.4) is 0 Å². The van der Waals surface area contributed by atoms with Crippen molar-refractivity contribution in [2.45, 2.75) is 5.92 Å². The van der Waals surface area contributed by atoms with Gasteiger partial charge in [-0.2, -0.15) is 5.26 Å². The molecule has 1 nitrogen and oxygen atoms in total. The van der Waals surface area contributed by atoms with E-state index < -0.39 is 0 Å². The average molecular weight is 448 g/mol. The number of nitriles is 1. The van der Waals surface area contributed by atoms with E-state index in [-0.39, 0.29) is 0 Å². The summed E-state index contributed by atoms with van der Waals surface area (Å²) in [5, 5.41) is 9.50. The molecule has 2 heteroatoms. The first-order valence-corrected chi connectivity index (χ1v) is 10.5. The van der Waals surface area contributed by atoms with Crippen molar-refractivity contribution in [3.8, 4) is 17.9 Å². The maximum absolute atomic E-state index is 9.50.